The molecule has 7 nitrogen and oxygen atoms in total. The first-order valence-electron chi connectivity index (χ1n) is 6.34. The molecule has 23 heavy (non-hydrogen) atoms. The summed E-state index contributed by atoms with van der Waals surface area (Å²) in [5.74, 6) is 0.160. The van der Waals surface area contributed by atoms with E-state index >= 15 is 0 Å². The van der Waals surface area contributed by atoms with Crippen LogP contribution < -0.4 is 21.9 Å². The van der Waals surface area contributed by atoms with Crippen LogP contribution in [-0.2, 0) is 0 Å². The maximum absolute atomic E-state index is 6.31. The fraction of sp³-hybridized carbons (Fsp3) is 0.0714. The van der Waals surface area contributed by atoms with Crippen LogP contribution in [0, 0.1) is 0 Å². The van der Waals surface area contributed by atoms with E-state index in [-0.39, 0.29) is 11.9 Å². The van der Waals surface area contributed by atoms with Crippen LogP contribution in [0.2, 0.25) is 10.0 Å². The normalized spacial score (nSPS) is 11.2. The second-order valence-electron chi connectivity index (χ2n) is 4.38. The number of nitrogens with zero attached hydrogens (tertiary/aromatic N) is 3. The lowest BCUT2D eigenvalue weighted by Crippen LogP contribution is -2.26. The summed E-state index contributed by atoms with van der Waals surface area (Å²) < 4.78 is 5.10. The van der Waals surface area contributed by atoms with Gasteiger partial charge in [0.05, 0.1) is 22.8 Å². The van der Waals surface area contributed by atoms with E-state index in [0.29, 0.717) is 27.2 Å². The van der Waals surface area contributed by atoms with Gasteiger partial charge in [0.25, 0.3) is 0 Å². The summed E-state index contributed by atoms with van der Waals surface area (Å²) in [5.41, 5.74) is 17.9. The zero-order valence-electron chi connectivity index (χ0n) is 12.1. The van der Waals surface area contributed by atoms with Gasteiger partial charge < -0.3 is 21.9 Å². The molecule has 1 aromatic carbocycles. The molecule has 0 amide bonds. The summed E-state index contributed by atoms with van der Waals surface area (Å²) in [6.45, 7) is 0. The van der Waals surface area contributed by atoms with Crippen LogP contribution in [-0.4, -0.2) is 24.0 Å². The molecule has 120 valence electrons. The molecule has 2 aromatic rings. The molecule has 0 aliphatic rings. The van der Waals surface area contributed by atoms with E-state index in [4.69, 9.17) is 45.1 Å². The van der Waals surface area contributed by atoms with E-state index in [0.717, 1.165) is 5.56 Å². The van der Waals surface area contributed by atoms with Crippen molar-refractivity contribution >= 4 is 40.8 Å². The number of aliphatic imine (C=N–C) groups is 2. The summed E-state index contributed by atoms with van der Waals surface area (Å²) in [4.78, 5) is 11.7. The predicted molar refractivity (Wildman–Crippen MR) is 93.3 cm³/mol. The smallest absolute Gasteiger partial charge is 0.223 e. The molecule has 2 rings (SSSR count). The summed E-state index contributed by atoms with van der Waals surface area (Å²) >= 11 is 12.6. The highest BCUT2D eigenvalue weighted by Gasteiger charge is 2.12. The summed E-state index contributed by atoms with van der Waals surface area (Å²) in [6, 6.07) is 6.70. The van der Waals surface area contributed by atoms with Gasteiger partial charge in [-0.05, 0) is 23.8 Å². The molecular weight excluding hydrogens is 339 g/mol. The van der Waals surface area contributed by atoms with Crippen molar-refractivity contribution in [3.8, 4) is 17.0 Å². The van der Waals surface area contributed by atoms with E-state index in [9.17, 15) is 0 Å². The molecule has 0 aliphatic carbocycles. The highest BCUT2D eigenvalue weighted by Crippen LogP contribution is 2.38. The Hall–Kier alpha value is -2.51. The molecule has 0 saturated heterocycles. The fourth-order valence-corrected chi connectivity index (χ4v) is 2.56. The van der Waals surface area contributed by atoms with Crippen molar-refractivity contribution in [3.63, 3.8) is 0 Å². The van der Waals surface area contributed by atoms with Crippen LogP contribution in [0.3, 0.4) is 0 Å². The minimum absolute atomic E-state index is 0.101. The van der Waals surface area contributed by atoms with Gasteiger partial charge in [0.15, 0.2) is 5.96 Å². The Labute approximate surface area is 142 Å². The quantitative estimate of drug-likeness (QED) is 0.577. The van der Waals surface area contributed by atoms with Crippen LogP contribution in [0.25, 0.3) is 11.1 Å². The lowest BCUT2D eigenvalue weighted by molar-refractivity contribution is 0.398. The van der Waals surface area contributed by atoms with E-state index in [1.165, 1.54) is 7.11 Å². The SMILES string of the molecule is COc1cc(-c2c(Cl)cc(N=C(N)N=C(N)N)cc2Cl)ccn1. The highest BCUT2D eigenvalue weighted by atomic mass is 35.5. The average Bonchev–Trinajstić information content (AvgIpc) is 2.45. The van der Waals surface area contributed by atoms with Gasteiger partial charge in [0.1, 0.15) is 0 Å². The number of halogens is 2. The molecule has 6 N–H and O–H groups in total. The van der Waals surface area contributed by atoms with Crippen molar-refractivity contribution in [1.29, 1.82) is 0 Å². The van der Waals surface area contributed by atoms with E-state index < -0.39 is 0 Å². The van der Waals surface area contributed by atoms with Crippen LogP contribution in [0.4, 0.5) is 5.69 Å². The second-order valence-corrected chi connectivity index (χ2v) is 5.19. The fourth-order valence-electron chi connectivity index (χ4n) is 1.87. The Bertz CT molecular complexity index is 764. The molecule has 0 radical (unpaired) electrons. The van der Waals surface area contributed by atoms with Gasteiger partial charge in [0.2, 0.25) is 11.8 Å². The number of pyridine rings is 1. The Kier molecular flexibility index (Phi) is 5.25. The van der Waals surface area contributed by atoms with Crippen LogP contribution in [0.15, 0.2) is 40.4 Å². The minimum Gasteiger partial charge on any atom is -0.481 e. The third kappa shape index (κ3) is 4.24. The Morgan fingerprint density at radius 2 is 1.78 bits per heavy atom. The number of aromatic nitrogens is 1. The Morgan fingerprint density at radius 3 is 2.35 bits per heavy atom. The predicted octanol–water partition coefficient (Wildman–Crippen LogP) is 2.28. The molecule has 1 heterocycles. The molecule has 0 saturated carbocycles. The monoisotopic (exact) mass is 352 g/mol. The molecule has 0 spiro atoms. The maximum atomic E-state index is 6.31. The first kappa shape index (κ1) is 16.9. The van der Waals surface area contributed by atoms with Crippen molar-refractivity contribution in [2.45, 2.75) is 0 Å². The van der Waals surface area contributed by atoms with Crippen LogP contribution in [0.1, 0.15) is 0 Å². The topological polar surface area (TPSA) is 125 Å². The van der Waals surface area contributed by atoms with Crippen molar-refractivity contribution < 1.29 is 4.74 Å². The maximum Gasteiger partial charge on any atom is 0.223 e. The highest BCUT2D eigenvalue weighted by molar-refractivity contribution is 6.39. The third-order valence-electron chi connectivity index (χ3n) is 2.75. The number of ether oxygens (including phenoxy) is 1. The molecule has 0 bridgehead atoms. The Morgan fingerprint density at radius 1 is 1.13 bits per heavy atom. The lowest BCUT2D eigenvalue weighted by atomic mass is 10.1. The molecule has 0 atom stereocenters. The number of hydrogen-bond acceptors (Lipinski definition) is 3. The first-order valence-corrected chi connectivity index (χ1v) is 7.09. The largest absolute Gasteiger partial charge is 0.481 e. The number of hydrogen-bond donors (Lipinski definition) is 3. The zero-order chi connectivity index (χ0) is 17.0. The van der Waals surface area contributed by atoms with Crippen LogP contribution >= 0.6 is 23.2 Å². The number of benzene rings is 1. The number of methoxy groups -OCH3 is 1. The Balaban J connectivity index is 2.47. The van der Waals surface area contributed by atoms with Gasteiger partial charge in [-0.15, -0.1) is 0 Å². The van der Waals surface area contributed by atoms with Gasteiger partial charge in [-0.3, -0.25) is 0 Å². The summed E-state index contributed by atoms with van der Waals surface area (Å²) in [7, 11) is 1.53. The van der Waals surface area contributed by atoms with Crippen LogP contribution in [0.5, 0.6) is 5.88 Å². The van der Waals surface area contributed by atoms with Gasteiger partial charge in [-0.1, -0.05) is 23.2 Å². The van der Waals surface area contributed by atoms with Crippen molar-refractivity contribution in [2.75, 3.05) is 7.11 Å². The molecule has 1 aromatic heterocycles. The van der Waals surface area contributed by atoms with Gasteiger partial charge in [-0.2, -0.15) is 4.99 Å². The lowest BCUT2D eigenvalue weighted by Gasteiger charge is -2.09. The summed E-state index contributed by atoms with van der Waals surface area (Å²) in [5, 5.41) is 0.781. The molecule has 0 aliphatic heterocycles. The molecule has 0 fully saturated rings. The van der Waals surface area contributed by atoms with Gasteiger partial charge >= 0.3 is 0 Å². The van der Waals surface area contributed by atoms with Gasteiger partial charge in [-0.25, -0.2) is 9.98 Å². The van der Waals surface area contributed by atoms with Crippen molar-refractivity contribution in [2.24, 2.45) is 27.2 Å². The van der Waals surface area contributed by atoms with E-state index in [1.54, 1.807) is 30.5 Å². The van der Waals surface area contributed by atoms with E-state index in [2.05, 4.69) is 15.0 Å². The number of nitrogens with two attached hydrogens (primary N) is 3. The molecule has 0 unspecified atom stereocenters. The number of guanidine groups is 2. The van der Waals surface area contributed by atoms with Gasteiger partial charge in [0, 0.05) is 17.8 Å². The third-order valence-corrected chi connectivity index (χ3v) is 3.34. The van der Waals surface area contributed by atoms with Crippen molar-refractivity contribution in [1.82, 2.24) is 4.98 Å². The van der Waals surface area contributed by atoms with Crippen molar-refractivity contribution in [3.05, 3.63) is 40.5 Å². The minimum atomic E-state index is -0.191. The second kappa shape index (κ2) is 7.17. The summed E-state index contributed by atoms with van der Waals surface area (Å²) in [6.07, 6.45) is 1.60. The first-order chi connectivity index (χ1) is 10.9. The number of rotatable bonds is 3. The average molecular weight is 353 g/mol. The zero-order valence-corrected chi connectivity index (χ0v) is 13.6. The standard InChI is InChI=1S/C14H14Cl2N6O/c1-23-11-4-7(2-3-20-11)12-9(15)5-8(6-10(12)16)21-14(19)22-13(17)18/h2-6H,1H3,(H6,17,18,19,21,22). The molecule has 9 heteroatoms. The molecular formula is C14H14Cl2N6O. The van der Waals surface area contributed by atoms with E-state index in [1.807, 2.05) is 0 Å².